The summed E-state index contributed by atoms with van der Waals surface area (Å²) in [5.74, 6) is 0.161. The average Bonchev–Trinajstić information content (AvgIpc) is 1.95. The van der Waals surface area contributed by atoms with Gasteiger partial charge in [0, 0.05) is 0 Å². The van der Waals surface area contributed by atoms with Crippen molar-refractivity contribution in [1.29, 1.82) is 0 Å². The lowest BCUT2D eigenvalue weighted by atomic mass is 10.3. The van der Waals surface area contributed by atoms with Gasteiger partial charge in [-0.3, -0.25) is 0 Å². The van der Waals surface area contributed by atoms with Crippen LogP contribution in [0.2, 0.25) is 10.0 Å². The smallest absolute Gasteiger partial charge is 0.185 e. The number of benzene rings is 1. The van der Waals surface area contributed by atoms with Crippen molar-refractivity contribution in [3.05, 3.63) is 28.2 Å². The summed E-state index contributed by atoms with van der Waals surface area (Å²) in [6.45, 7) is 0. The predicted molar refractivity (Wildman–Crippen MR) is 39.7 cm³/mol. The van der Waals surface area contributed by atoms with Crippen LogP contribution in [0.3, 0.4) is 0 Å². The maximum Gasteiger partial charge on any atom is 0.185 e. The lowest BCUT2D eigenvalue weighted by Crippen LogP contribution is -1.83. The Bertz CT molecular complexity index is 237. The summed E-state index contributed by atoms with van der Waals surface area (Å²) in [5, 5.41) is 8.77. The van der Waals surface area contributed by atoms with E-state index in [0.29, 0.717) is 5.02 Å². The molecule has 0 radical (unpaired) electrons. The highest BCUT2D eigenvalue weighted by molar-refractivity contribution is 6.42. The number of halogens is 2. The van der Waals surface area contributed by atoms with Crippen LogP contribution in [0, 0.1) is 0 Å². The Morgan fingerprint density at radius 3 is 2.50 bits per heavy atom. The Hall–Kier alpha value is -0.440. The zero-order chi connectivity index (χ0) is 7.56. The van der Waals surface area contributed by atoms with E-state index in [-0.39, 0.29) is 10.8 Å². The normalized spacial score (nSPS) is 9.50. The zero-order valence-electron chi connectivity index (χ0n) is 4.84. The van der Waals surface area contributed by atoms with E-state index in [2.05, 4.69) is 4.89 Å². The predicted octanol–water partition coefficient (Wildman–Crippen LogP) is 2.85. The second-order valence-electron chi connectivity index (χ2n) is 1.64. The van der Waals surface area contributed by atoms with Gasteiger partial charge in [0.1, 0.15) is 5.02 Å². The Balaban J connectivity index is 3.14. The quantitative estimate of drug-likeness (QED) is 0.530. The molecule has 1 aromatic carbocycles. The molecular weight excluding hydrogens is 175 g/mol. The third kappa shape index (κ3) is 1.34. The van der Waals surface area contributed by atoms with Crippen molar-refractivity contribution >= 4 is 23.2 Å². The van der Waals surface area contributed by atoms with Crippen LogP contribution in [0.4, 0.5) is 0 Å². The van der Waals surface area contributed by atoms with Crippen molar-refractivity contribution in [3.8, 4) is 5.75 Å². The summed E-state index contributed by atoms with van der Waals surface area (Å²) in [7, 11) is 0. The Morgan fingerprint density at radius 1 is 1.30 bits per heavy atom. The highest BCUT2D eigenvalue weighted by atomic mass is 35.5. The highest BCUT2D eigenvalue weighted by Gasteiger charge is 2.03. The molecule has 10 heavy (non-hydrogen) atoms. The van der Waals surface area contributed by atoms with Crippen molar-refractivity contribution in [3.63, 3.8) is 0 Å². The average molecular weight is 179 g/mol. The fourth-order valence-corrected chi connectivity index (χ4v) is 0.881. The molecule has 0 amide bonds. The molecule has 4 heteroatoms. The Kier molecular flexibility index (Phi) is 2.38. The zero-order valence-corrected chi connectivity index (χ0v) is 6.36. The minimum absolute atomic E-state index is 0.161. The van der Waals surface area contributed by atoms with Crippen LogP contribution in [0.5, 0.6) is 5.75 Å². The molecule has 0 spiro atoms. The van der Waals surface area contributed by atoms with E-state index >= 15 is 0 Å². The van der Waals surface area contributed by atoms with Crippen LogP contribution in [0.25, 0.3) is 0 Å². The summed E-state index contributed by atoms with van der Waals surface area (Å²) in [4.78, 5) is 3.91. The largest absolute Gasteiger partial charge is 0.339 e. The third-order valence-electron chi connectivity index (χ3n) is 1.01. The van der Waals surface area contributed by atoms with Crippen LogP contribution in [0.15, 0.2) is 18.2 Å². The van der Waals surface area contributed by atoms with Gasteiger partial charge in [-0.1, -0.05) is 29.3 Å². The van der Waals surface area contributed by atoms with E-state index in [9.17, 15) is 0 Å². The Morgan fingerprint density at radius 2 is 2.00 bits per heavy atom. The molecular formula is C6H4Cl2O2. The molecule has 1 rings (SSSR count). The molecule has 0 unspecified atom stereocenters. The van der Waals surface area contributed by atoms with Gasteiger partial charge in [-0.25, -0.2) is 5.26 Å². The van der Waals surface area contributed by atoms with Crippen LogP contribution in [-0.4, -0.2) is 5.26 Å². The summed E-state index contributed by atoms with van der Waals surface area (Å²) in [6.07, 6.45) is 0. The summed E-state index contributed by atoms with van der Waals surface area (Å²) >= 11 is 11.1. The fraction of sp³-hybridized carbons (Fsp3) is 0. The first-order valence-electron chi connectivity index (χ1n) is 2.51. The van der Waals surface area contributed by atoms with Gasteiger partial charge in [0.15, 0.2) is 5.75 Å². The molecule has 0 aliphatic rings. The van der Waals surface area contributed by atoms with Gasteiger partial charge in [-0.15, -0.1) is 0 Å². The molecule has 0 heterocycles. The van der Waals surface area contributed by atoms with Crippen molar-refractivity contribution in [2.75, 3.05) is 0 Å². The van der Waals surface area contributed by atoms with Gasteiger partial charge in [-0.2, -0.15) is 0 Å². The minimum Gasteiger partial charge on any atom is -0.339 e. The van der Waals surface area contributed by atoms with Crippen molar-refractivity contribution in [2.24, 2.45) is 0 Å². The first kappa shape index (κ1) is 7.66. The molecule has 1 aromatic rings. The molecule has 2 nitrogen and oxygen atoms in total. The van der Waals surface area contributed by atoms with Crippen LogP contribution in [0.1, 0.15) is 0 Å². The lowest BCUT2D eigenvalue weighted by molar-refractivity contribution is -0.137. The van der Waals surface area contributed by atoms with Gasteiger partial charge in [0.05, 0.1) is 5.02 Å². The second kappa shape index (κ2) is 3.10. The van der Waals surface area contributed by atoms with E-state index in [1.165, 1.54) is 6.07 Å². The minimum atomic E-state index is 0.161. The van der Waals surface area contributed by atoms with Crippen molar-refractivity contribution in [2.45, 2.75) is 0 Å². The molecule has 0 aromatic heterocycles. The van der Waals surface area contributed by atoms with E-state index < -0.39 is 0 Å². The molecule has 54 valence electrons. The van der Waals surface area contributed by atoms with E-state index in [1.807, 2.05) is 0 Å². The Labute approximate surface area is 67.9 Å². The topological polar surface area (TPSA) is 29.5 Å². The second-order valence-corrected chi connectivity index (χ2v) is 2.43. The van der Waals surface area contributed by atoms with Gasteiger partial charge in [-0.05, 0) is 12.1 Å². The first-order chi connectivity index (χ1) is 4.75. The van der Waals surface area contributed by atoms with Crippen LogP contribution in [-0.2, 0) is 0 Å². The molecule has 0 saturated heterocycles. The summed E-state index contributed by atoms with van der Waals surface area (Å²) < 4.78 is 0. The van der Waals surface area contributed by atoms with Gasteiger partial charge in [0.2, 0.25) is 0 Å². The fourth-order valence-electron chi connectivity index (χ4n) is 0.555. The third-order valence-corrected chi connectivity index (χ3v) is 1.82. The SMILES string of the molecule is OOc1cccc(Cl)c1Cl. The van der Waals surface area contributed by atoms with E-state index in [4.69, 9.17) is 28.5 Å². The van der Waals surface area contributed by atoms with Gasteiger partial charge < -0.3 is 4.89 Å². The highest BCUT2D eigenvalue weighted by Crippen LogP contribution is 2.30. The van der Waals surface area contributed by atoms with Crippen LogP contribution < -0.4 is 4.89 Å². The molecule has 0 aliphatic heterocycles. The maximum atomic E-state index is 8.20. The summed E-state index contributed by atoms with van der Waals surface area (Å²) in [5.41, 5.74) is 0. The van der Waals surface area contributed by atoms with Crippen molar-refractivity contribution in [1.82, 2.24) is 0 Å². The molecule has 0 saturated carbocycles. The number of hydrogen-bond acceptors (Lipinski definition) is 2. The standard InChI is InChI=1S/C6H4Cl2O2/c7-4-2-1-3-5(10-9)6(4)8/h1-3,9H. The number of rotatable bonds is 1. The molecule has 0 aliphatic carbocycles. The van der Waals surface area contributed by atoms with Crippen LogP contribution >= 0.6 is 23.2 Å². The van der Waals surface area contributed by atoms with E-state index in [0.717, 1.165) is 0 Å². The molecule has 0 bridgehead atoms. The van der Waals surface area contributed by atoms with Crippen molar-refractivity contribution < 1.29 is 10.1 Å². The maximum absolute atomic E-state index is 8.20. The first-order valence-corrected chi connectivity index (χ1v) is 3.26. The van der Waals surface area contributed by atoms with Gasteiger partial charge in [0.25, 0.3) is 0 Å². The summed E-state index contributed by atoms with van der Waals surface area (Å²) in [6, 6.07) is 4.74. The molecule has 0 fully saturated rings. The molecule has 1 N–H and O–H groups in total. The van der Waals surface area contributed by atoms with E-state index in [1.54, 1.807) is 12.1 Å². The lowest BCUT2D eigenvalue weighted by Gasteiger charge is -1.99. The van der Waals surface area contributed by atoms with Gasteiger partial charge >= 0.3 is 0 Å². The monoisotopic (exact) mass is 178 g/mol. The number of hydrogen-bond donors (Lipinski definition) is 1. The molecule has 0 atom stereocenters.